The third-order valence-electron chi connectivity index (χ3n) is 1.86. The highest BCUT2D eigenvalue weighted by atomic mass is 35.5. The number of hydrogen-bond acceptors (Lipinski definition) is 2. The molecule has 68 valence electrons. The Balaban J connectivity index is 2.85. The first kappa shape index (κ1) is 9.55. The van der Waals surface area contributed by atoms with Crippen LogP contribution in [0.5, 0.6) is 0 Å². The highest BCUT2D eigenvalue weighted by Gasteiger charge is 2.12. The SMILES string of the molecule is CCNC(C)c1c(Cl)cnn1C. The zero-order valence-electron chi connectivity index (χ0n) is 7.63. The Morgan fingerprint density at radius 2 is 2.42 bits per heavy atom. The summed E-state index contributed by atoms with van der Waals surface area (Å²) >= 11 is 5.95. The number of nitrogens with zero attached hydrogens (tertiary/aromatic N) is 2. The van der Waals surface area contributed by atoms with Crippen LogP contribution in [-0.2, 0) is 7.05 Å². The van der Waals surface area contributed by atoms with Gasteiger partial charge in [0.2, 0.25) is 0 Å². The Morgan fingerprint density at radius 3 is 2.83 bits per heavy atom. The lowest BCUT2D eigenvalue weighted by Gasteiger charge is -2.12. The molecule has 1 N–H and O–H groups in total. The number of aromatic nitrogens is 2. The van der Waals surface area contributed by atoms with Crippen LogP contribution in [0.4, 0.5) is 0 Å². The van der Waals surface area contributed by atoms with Gasteiger partial charge in [0, 0.05) is 13.1 Å². The summed E-state index contributed by atoms with van der Waals surface area (Å²) in [6.45, 7) is 5.08. The molecule has 1 aromatic heterocycles. The van der Waals surface area contributed by atoms with E-state index in [2.05, 4.69) is 24.3 Å². The van der Waals surface area contributed by atoms with Gasteiger partial charge in [-0.2, -0.15) is 5.10 Å². The molecule has 0 aliphatic carbocycles. The molecule has 1 heterocycles. The molecule has 0 saturated heterocycles. The van der Waals surface area contributed by atoms with E-state index in [4.69, 9.17) is 11.6 Å². The molecule has 1 aromatic rings. The second-order valence-electron chi connectivity index (χ2n) is 2.78. The molecule has 0 aliphatic heterocycles. The summed E-state index contributed by atoms with van der Waals surface area (Å²) < 4.78 is 1.80. The first-order valence-corrected chi connectivity index (χ1v) is 4.45. The zero-order valence-corrected chi connectivity index (χ0v) is 8.39. The quantitative estimate of drug-likeness (QED) is 0.782. The Morgan fingerprint density at radius 1 is 1.75 bits per heavy atom. The van der Waals surface area contributed by atoms with Gasteiger partial charge < -0.3 is 5.32 Å². The predicted molar refractivity (Wildman–Crippen MR) is 50.3 cm³/mol. The monoisotopic (exact) mass is 187 g/mol. The summed E-state index contributed by atoms with van der Waals surface area (Å²) in [5, 5.41) is 8.08. The maximum absolute atomic E-state index is 5.95. The summed E-state index contributed by atoms with van der Waals surface area (Å²) in [6, 6.07) is 0.259. The average Bonchev–Trinajstić information content (AvgIpc) is 2.32. The minimum absolute atomic E-state index is 0.259. The van der Waals surface area contributed by atoms with Crippen molar-refractivity contribution < 1.29 is 0 Å². The molecule has 0 amide bonds. The van der Waals surface area contributed by atoms with Gasteiger partial charge in [0.15, 0.2) is 0 Å². The van der Waals surface area contributed by atoms with E-state index in [1.807, 2.05) is 7.05 Å². The summed E-state index contributed by atoms with van der Waals surface area (Å²) in [4.78, 5) is 0. The van der Waals surface area contributed by atoms with Crippen molar-refractivity contribution >= 4 is 11.6 Å². The van der Waals surface area contributed by atoms with Gasteiger partial charge in [0.1, 0.15) is 0 Å². The molecular weight excluding hydrogens is 174 g/mol. The van der Waals surface area contributed by atoms with E-state index in [0.29, 0.717) is 0 Å². The fraction of sp³-hybridized carbons (Fsp3) is 0.625. The van der Waals surface area contributed by atoms with Crippen molar-refractivity contribution in [3.63, 3.8) is 0 Å². The molecule has 0 radical (unpaired) electrons. The van der Waals surface area contributed by atoms with Crippen molar-refractivity contribution in [3.05, 3.63) is 16.9 Å². The van der Waals surface area contributed by atoms with E-state index in [9.17, 15) is 0 Å². The topological polar surface area (TPSA) is 29.9 Å². The molecule has 0 fully saturated rings. The number of hydrogen-bond donors (Lipinski definition) is 1. The zero-order chi connectivity index (χ0) is 9.14. The van der Waals surface area contributed by atoms with E-state index in [0.717, 1.165) is 17.3 Å². The number of aryl methyl sites for hydroxylation is 1. The number of rotatable bonds is 3. The van der Waals surface area contributed by atoms with E-state index in [1.54, 1.807) is 10.9 Å². The van der Waals surface area contributed by atoms with Gasteiger partial charge in [-0.3, -0.25) is 4.68 Å². The minimum Gasteiger partial charge on any atom is -0.309 e. The smallest absolute Gasteiger partial charge is 0.0833 e. The molecule has 4 heteroatoms. The van der Waals surface area contributed by atoms with Crippen LogP contribution in [0.15, 0.2) is 6.20 Å². The molecule has 12 heavy (non-hydrogen) atoms. The molecule has 0 saturated carbocycles. The van der Waals surface area contributed by atoms with Crippen LogP contribution < -0.4 is 5.32 Å². The fourth-order valence-corrected chi connectivity index (χ4v) is 1.64. The lowest BCUT2D eigenvalue weighted by molar-refractivity contribution is 0.546. The summed E-state index contributed by atoms with van der Waals surface area (Å²) in [7, 11) is 1.90. The molecule has 0 aromatic carbocycles. The van der Waals surface area contributed by atoms with Crippen LogP contribution in [-0.4, -0.2) is 16.3 Å². The predicted octanol–water partition coefficient (Wildman–Crippen LogP) is 1.74. The van der Waals surface area contributed by atoms with E-state index in [1.165, 1.54) is 0 Å². The number of nitrogens with one attached hydrogen (secondary N) is 1. The highest BCUT2D eigenvalue weighted by molar-refractivity contribution is 6.31. The van der Waals surface area contributed by atoms with E-state index >= 15 is 0 Å². The van der Waals surface area contributed by atoms with Crippen molar-refractivity contribution in [1.82, 2.24) is 15.1 Å². The van der Waals surface area contributed by atoms with E-state index in [-0.39, 0.29) is 6.04 Å². The third kappa shape index (κ3) is 1.79. The first-order chi connectivity index (χ1) is 5.66. The summed E-state index contributed by atoms with van der Waals surface area (Å²) in [6.07, 6.45) is 1.67. The second kappa shape index (κ2) is 3.92. The van der Waals surface area contributed by atoms with Crippen molar-refractivity contribution in [2.24, 2.45) is 7.05 Å². The Hall–Kier alpha value is -0.540. The van der Waals surface area contributed by atoms with Gasteiger partial charge >= 0.3 is 0 Å². The van der Waals surface area contributed by atoms with Gasteiger partial charge in [-0.15, -0.1) is 0 Å². The van der Waals surface area contributed by atoms with Crippen molar-refractivity contribution in [2.45, 2.75) is 19.9 Å². The van der Waals surface area contributed by atoms with Gasteiger partial charge in [0.25, 0.3) is 0 Å². The van der Waals surface area contributed by atoms with Gasteiger partial charge in [0.05, 0.1) is 16.9 Å². The van der Waals surface area contributed by atoms with Crippen molar-refractivity contribution in [2.75, 3.05) is 6.54 Å². The standard InChI is InChI=1S/C8H14ClN3/c1-4-10-6(2)8-7(9)5-11-12(8)3/h5-6,10H,4H2,1-3H3. The van der Waals surface area contributed by atoms with Gasteiger partial charge in [-0.25, -0.2) is 0 Å². The molecule has 0 spiro atoms. The fourth-order valence-electron chi connectivity index (χ4n) is 1.31. The molecule has 1 rings (SSSR count). The Labute approximate surface area is 77.7 Å². The van der Waals surface area contributed by atoms with Crippen molar-refractivity contribution in [3.8, 4) is 0 Å². The van der Waals surface area contributed by atoms with Crippen LogP contribution >= 0.6 is 11.6 Å². The molecule has 0 bridgehead atoms. The molecule has 0 aliphatic rings. The summed E-state index contributed by atoms with van der Waals surface area (Å²) in [5.41, 5.74) is 1.04. The van der Waals surface area contributed by atoms with Gasteiger partial charge in [-0.1, -0.05) is 18.5 Å². The minimum atomic E-state index is 0.259. The molecule has 1 atom stereocenters. The maximum Gasteiger partial charge on any atom is 0.0833 e. The van der Waals surface area contributed by atoms with Crippen LogP contribution in [0.1, 0.15) is 25.6 Å². The number of halogens is 1. The highest BCUT2D eigenvalue weighted by Crippen LogP contribution is 2.20. The van der Waals surface area contributed by atoms with Crippen LogP contribution in [0, 0.1) is 0 Å². The Bertz CT molecular complexity index is 237. The lowest BCUT2D eigenvalue weighted by Crippen LogP contribution is -2.20. The average molecular weight is 188 g/mol. The maximum atomic E-state index is 5.95. The molecular formula is C8H14ClN3. The van der Waals surface area contributed by atoms with Gasteiger partial charge in [-0.05, 0) is 13.5 Å². The molecule has 3 nitrogen and oxygen atoms in total. The lowest BCUT2D eigenvalue weighted by atomic mass is 10.2. The Kier molecular flexibility index (Phi) is 3.12. The second-order valence-corrected chi connectivity index (χ2v) is 3.19. The largest absolute Gasteiger partial charge is 0.309 e. The van der Waals surface area contributed by atoms with Crippen LogP contribution in [0.25, 0.3) is 0 Å². The van der Waals surface area contributed by atoms with E-state index < -0.39 is 0 Å². The third-order valence-corrected chi connectivity index (χ3v) is 2.15. The summed E-state index contributed by atoms with van der Waals surface area (Å²) in [5.74, 6) is 0. The molecule has 1 unspecified atom stereocenters. The first-order valence-electron chi connectivity index (χ1n) is 4.07. The van der Waals surface area contributed by atoms with Crippen LogP contribution in [0.3, 0.4) is 0 Å². The normalized spacial score (nSPS) is 13.3. The van der Waals surface area contributed by atoms with Crippen LogP contribution in [0.2, 0.25) is 5.02 Å². The van der Waals surface area contributed by atoms with Crippen molar-refractivity contribution in [1.29, 1.82) is 0 Å².